The van der Waals surface area contributed by atoms with E-state index in [1.54, 1.807) is 0 Å². The molecule has 1 aliphatic rings. The molecule has 6 heteroatoms. The molecule has 0 spiro atoms. The number of halogens is 2. The topological polar surface area (TPSA) is 46.2 Å². The van der Waals surface area contributed by atoms with Crippen LogP contribution in [-0.4, -0.2) is 26.5 Å². The molecule has 3 nitrogen and oxygen atoms in total. The van der Waals surface area contributed by atoms with Gasteiger partial charge in [0.2, 0.25) is 0 Å². The Balaban J connectivity index is 2.27. The summed E-state index contributed by atoms with van der Waals surface area (Å²) in [7, 11) is -2.99. The summed E-state index contributed by atoms with van der Waals surface area (Å²) in [5.74, 6) is -1.61. The van der Waals surface area contributed by atoms with Crippen molar-refractivity contribution < 1.29 is 17.2 Å². The number of nitrogens with one attached hydrogen (secondary N) is 1. The Kier molecular flexibility index (Phi) is 4.20. The number of hydrogen-bond acceptors (Lipinski definition) is 3. The third kappa shape index (κ3) is 3.30. The molecule has 2 unspecified atom stereocenters. The minimum Gasteiger partial charge on any atom is -0.310 e. The van der Waals surface area contributed by atoms with Crippen LogP contribution in [0.15, 0.2) is 18.2 Å². The van der Waals surface area contributed by atoms with Crippen molar-refractivity contribution in [2.75, 3.05) is 18.1 Å². The van der Waals surface area contributed by atoms with Gasteiger partial charge in [-0.3, -0.25) is 0 Å². The Morgan fingerprint density at radius 2 is 2.11 bits per heavy atom. The molecule has 1 heterocycles. The summed E-state index contributed by atoms with van der Waals surface area (Å²) in [6.07, 6.45) is 0.555. The van der Waals surface area contributed by atoms with Gasteiger partial charge in [0.05, 0.1) is 11.5 Å². The average Bonchev–Trinajstić information content (AvgIpc) is 2.70. The van der Waals surface area contributed by atoms with Gasteiger partial charge >= 0.3 is 0 Å². The van der Waals surface area contributed by atoms with E-state index in [1.165, 1.54) is 6.07 Å². The van der Waals surface area contributed by atoms with Crippen LogP contribution in [0.3, 0.4) is 0 Å². The number of rotatable bonds is 4. The average molecular weight is 289 g/mol. The molecule has 106 valence electrons. The molecule has 1 fully saturated rings. The summed E-state index contributed by atoms with van der Waals surface area (Å²) in [5, 5.41) is 3.17. The Morgan fingerprint density at radius 3 is 2.63 bits per heavy atom. The molecular formula is C13H17F2NO2S. The first kappa shape index (κ1) is 14.4. The Bertz CT molecular complexity index is 560. The molecule has 1 saturated heterocycles. The minimum absolute atomic E-state index is 0.0881. The molecule has 1 aliphatic heterocycles. The highest BCUT2D eigenvalue weighted by atomic mass is 32.2. The van der Waals surface area contributed by atoms with Crippen LogP contribution < -0.4 is 5.32 Å². The van der Waals surface area contributed by atoms with Crippen LogP contribution >= 0.6 is 0 Å². The Labute approximate surface area is 111 Å². The Morgan fingerprint density at radius 1 is 1.37 bits per heavy atom. The molecule has 1 aromatic rings. The normalized spacial score (nSPS) is 23.4. The second-order valence-corrected chi connectivity index (χ2v) is 7.10. The highest BCUT2D eigenvalue weighted by Crippen LogP contribution is 2.32. The van der Waals surface area contributed by atoms with Gasteiger partial charge in [0.1, 0.15) is 0 Å². The monoisotopic (exact) mass is 289 g/mol. The molecule has 0 bridgehead atoms. The van der Waals surface area contributed by atoms with Crippen molar-refractivity contribution in [2.24, 2.45) is 5.92 Å². The molecule has 1 aromatic carbocycles. The zero-order valence-electron chi connectivity index (χ0n) is 10.7. The fraction of sp³-hybridized carbons (Fsp3) is 0.538. The van der Waals surface area contributed by atoms with Gasteiger partial charge in [0, 0.05) is 6.04 Å². The smallest absolute Gasteiger partial charge is 0.159 e. The summed E-state index contributed by atoms with van der Waals surface area (Å²) in [6.45, 7) is 2.54. The van der Waals surface area contributed by atoms with Crippen molar-refractivity contribution in [3.05, 3.63) is 35.4 Å². The van der Waals surface area contributed by atoms with Crippen molar-refractivity contribution in [3.8, 4) is 0 Å². The fourth-order valence-electron chi connectivity index (χ4n) is 2.57. The van der Waals surface area contributed by atoms with Crippen molar-refractivity contribution in [2.45, 2.75) is 19.4 Å². The van der Waals surface area contributed by atoms with Crippen LogP contribution in [0.5, 0.6) is 0 Å². The van der Waals surface area contributed by atoms with Gasteiger partial charge in [-0.25, -0.2) is 17.2 Å². The Hall–Kier alpha value is -1.01. The van der Waals surface area contributed by atoms with E-state index in [0.29, 0.717) is 18.5 Å². The van der Waals surface area contributed by atoms with Crippen molar-refractivity contribution in [1.29, 1.82) is 0 Å². The third-order valence-electron chi connectivity index (χ3n) is 3.47. The predicted octanol–water partition coefficient (Wildman–Crippen LogP) is 2.05. The lowest BCUT2D eigenvalue weighted by atomic mass is 9.92. The quantitative estimate of drug-likeness (QED) is 0.923. The lowest BCUT2D eigenvalue weighted by Crippen LogP contribution is -2.29. The molecule has 19 heavy (non-hydrogen) atoms. The number of benzene rings is 1. The first-order valence-corrected chi connectivity index (χ1v) is 8.14. The highest BCUT2D eigenvalue weighted by molar-refractivity contribution is 7.91. The summed E-state index contributed by atoms with van der Waals surface area (Å²) < 4.78 is 49.3. The number of hydrogen-bond donors (Lipinski definition) is 1. The van der Waals surface area contributed by atoms with E-state index < -0.39 is 21.5 Å². The van der Waals surface area contributed by atoms with Crippen LogP contribution in [0.4, 0.5) is 8.78 Å². The second-order valence-electron chi connectivity index (χ2n) is 4.87. The second kappa shape index (κ2) is 5.54. The SMILES string of the molecule is CCNC(c1ccc(F)c(F)c1)C1CCS(=O)(=O)C1. The van der Waals surface area contributed by atoms with Gasteiger partial charge in [-0.15, -0.1) is 0 Å². The van der Waals surface area contributed by atoms with E-state index in [2.05, 4.69) is 5.32 Å². The van der Waals surface area contributed by atoms with Gasteiger partial charge in [-0.2, -0.15) is 0 Å². The molecule has 0 aliphatic carbocycles. The van der Waals surface area contributed by atoms with E-state index >= 15 is 0 Å². The summed E-state index contributed by atoms with van der Waals surface area (Å²) in [6, 6.07) is 3.49. The number of sulfone groups is 1. The summed E-state index contributed by atoms with van der Waals surface area (Å²) in [5.41, 5.74) is 0.600. The minimum atomic E-state index is -2.99. The molecule has 2 rings (SSSR count). The molecule has 0 aromatic heterocycles. The molecule has 1 N–H and O–H groups in total. The first-order chi connectivity index (χ1) is 8.93. The van der Waals surface area contributed by atoms with Crippen molar-refractivity contribution in [3.63, 3.8) is 0 Å². The van der Waals surface area contributed by atoms with Crippen molar-refractivity contribution >= 4 is 9.84 Å². The van der Waals surface area contributed by atoms with E-state index in [9.17, 15) is 17.2 Å². The van der Waals surface area contributed by atoms with E-state index in [1.807, 2.05) is 6.92 Å². The largest absolute Gasteiger partial charge is 0.310 e. The standard InChI is InChI=1S/C13H17F2NO2S/c1-2-16-13(10-5-6-19(17,18)8-10)9-3-4-11(14)12(15)7-9/h3-4,7,10,13,16H,2,5-6,8H2,1H3. The summed E-state index contributed by atoms with van der Waals surface area (Å²) in [4.78, 5) is 0. The van der Waals surface area contributed by atoms with Crippen LogP contribution in [-0.2, 0) is 9.84 Å². The first-order valence-electron chi connectivity index (χ1n) is 6.31. The van der Waals surface area contributed by atoms with Gasteiger partial charge in [-0.05, 0) is 36.6 Å². The van der Waals surface area contributed by atoms with Gasteiger partial charge in [0.25, 0.3) is 0 Å². The fourth-order valence-corrected chi connectivity index (χ4v) is 4.41. The van der Waals surface area contributed by atoms with E-state index in [0.717, 1.165) is 12.1 Å². The third-order valence-corrected chi connectivity index (χ3v) is 5.26. The lowest BCUT2D eigenvalue weighted by Gasteiger charge is -2.24. The van der Waals surface area contributed by atoms with E-state index in [-0.39, 0.29) is 23.5 Å². The zero-order chi connectivity index (χ0) is 14.0. The lowest BCUT2D eigenvalue weighted by molar-refractivity contribution is 0.397. The van der Waals surface area contributed by atoms with Gasteiger partial charge in [-0.1, -0.05) is 13.0 Å². The van der Waals surface area contributed by atoms with Crippen LogP contribution in [0.1, 0.15) is 24.9 Å². The van der Waals surface area contributed by atoms with Crippen LogP contribution in [0.25, 0.3) is 0 Å². The highest BCUT2D eigenvalue weighted by Gasteiger charge is 2.34. The molecule has 0 amide bonds. The molecule has 0 saturated carbocycles. The van der Waals surface area contributed by atoms with E-state index in [4.69, 9.17) is 0 Å². The van der Waals surface area contributed by atoms with Crippen molar-refractivity contribution in [1.82, 2.24) is 5.32 Å². The molecule has 0 radical (unpaired) electrons. The van der Waals surface area contributed by atoms with Gasteiger partial charge in [0.15, 0.2) is 21.5 Å². The predicted molar refractivity (Wildman–Crippen MR) is 69.5 cm³/mol. The molecular weight excluding hydrogens is 272 g/mol. The van der Waals surface area contributed by atoms with Crippen LogP contribution in [0, 0.1) is 17.6 Å². The maximum absolute atomic E-state index is 13.3. The zero-order valence-corrected chi connectivity index (χ0v) is 11.5. The summed E-state index contributed by atoms with van der Waals surface area (Å²) >= 11 is 0. The van der Waals surface area contributed by atoms with Crippen LogP contribution in [0.2, 0.25) is 0 Å². The maximum atomic E-state index is 13.3. The van der Waals surface area contributed by atoms with Gasteiger partial charge < -0.3 is 5.32 Å². The molecule has 2 atom stereocenters. The maximum Gasteiger partial charge on any atom is 0.159 e.